The molecule has 0 bridgehead atoms. The zero-order valence-electron chi connectivity index (χ0n) is 5.71. The number of rotatable bonds is 3. The predicted octanol–water partition coefficient (Wildman–Crippen LogP) is 0.998. The van der Waals surface area contributed by atoms with Gasteiger partial charge in [-0.05, 0) is 11.5 Å². The van der Waals surface area contributed by atoms with Gasteiger partial charge in [0.25, 0.3) is 0 Å². The Kier molecular flexibility index (Phi) is 3.32. The van der Waals surface area contributed by atoms with Crippen molar-refractivity contribution in [3.63, 3.8) is 0 Å². The monoisotopic (exact) mass is 190 g/mol. The SMILES string of the molecule is O=C(CCl)NCc1cnsc1. The molecule has 0 aliphatic carbocycles. The van der Waals surface area contributed by atoms with Crippen LogP contribution in [0.4, 0.5) is 0 Å². The molecule has 0 spiro atoms. The molecule has 0 unspecified atom stereocenters. The summed E-state index contributed by atoms with van der Waals surface area (Å²) in [6.45, 7) is 0.516. The summed E-state index contributed by atoms with van der Waals surface area (Å²) in [7, 11) is 0. The number of amides is 1. The number of alkyl halides is 1. The van der Waals surface area contributed by atoms with E-state index in [4.69, 9.17) is 11.6 Å². The zero-order valence-corrected chi connectivity index (χ0v) is 7.28. The number of carbonyl (C=O) groups is 1. The Morgan fingerprint density at radius 2 is 2.64 bits per heavy atom. The fourth-order valence-corrected chi connectivity index (χ4v) is 1.19. The van der Waals surface area contributed by atoms with E-state index in [0.29, 0.717) is 6.54 Å². The van der Waals surface area contributed by atoms with Crippen LogP contribution in [0.25, 0.3) is 0 Å². The lowest BCUT2D eigenvalue weighted by Crippen LogP contribution is -2.23. The molecular weight excluding hydrogens is 184 g/mol. The second-order valence-electron chi connectivity index (χ2n) is 1.94. The van der Waals surface area contributed by atoms with E-state index in [-0.39, 0.29) is 11.8 Å². The maximum absolute atomic E-state index is 10.6. The molecule has 1 N–H and O–H groups in total. The number of aromatic nitrogens is 1. The lowest BCUT2D eigenvalue weighted by Gasteiger charge is -1.97. The molecule has 0 aliphatic heterocycles. The van der Waals surface area contributed by atoms with E-state index in [2.05, 4.69) is 9.69 Å². The van der Waals surface area contributed by atoms with Gasteiger partial charge in [-0.1, -0.05) is 0 Å². The van der Waals surface area contributed by atoms with Crippen molar-refractivity contribution in [2.45, 2.75) is 6.54 Å². The lowest BCUT2D eigenvalue weighted by atomic mass is 10.4. The van der Waals surface area contributed by atoms with Crippen LogP contribution in [0.3, 0.4) is 0 Å². The third kappa shape index (κ3) is 2.86. The molecule has 1 aromatic heterocycles. The molecule has 0 fully saturated rings. The summed E-state index contributed by atoms with van der Waals surface area (Å²) in [6, 6.07) is 0. The second kappa shape index (κ2) is 4.31. The maximum Gasteiger partial charge on any atom is 0.235 e. The van der Waals surface area contributed by atoms with Gasteiger partial charge in [-0.15, -0.1) is 11.6 Å². The summed E-state index contributed by atoms with van der Waals surface area (Å²) in [6.07, 6.45) is 1.72. The van der Waals surface area contributed by atoms with Gasteiger partial charge >= 0.3 is 0 Å². The fraction of sp³-hybridized carbons (Fsp3) is 0.333. The van der Waals surface area contributed by atoms with Crippen LogP contribution in [0, 0.1) is 0 Å². The molecule has 5 heteroatoms. The van der Waals surface area contributed by atoms with Crippen molar-refractivity contribution in [1.29, 1.82) is 0 Å². The maximum atomic E-state index is 10.6. The Morgan fingerprint density at radius 1 is 1.82 bits per heavy atom. The average Bonchev–Trinajstić information content (AvgIpc) is 2.52. The number of nitrogens with one attached hydrogen (secondary N) is 1. The lowest BCUT2D eigenvalue weighted by molar-refractivity contribution is -0.118. The van der Waals surface area contributed by atoms with Gasteiger partial charge in [0.05, 0.1) is 0 Å². The smallest absolute Gasteiger partial charge is 0.235 e. The van der Waals surface area contributed by atoms with Crippen molar-refractivity contribution in [2.24, 2.45) is 0 Å². The minimum atomic E-state index is -0.155. The Balaban J connectivity index is 2.29. The topological polar surface area (TPSA) is 42.0 Å². The van der Waals surface area contributed by atoms with Gasteiger partial charge in [-0.25, -0.2) is 4.37 Å². The third-order valence-corrected chi connectivity index (χ3v) is 1.97. The molecule has 3 nitrogen and oxygen atoms in total. The first-order chi connectivity index (χ1) is 5.33. The molecular formula is C6H7ClN2OS. The van der Waals surface area contributed by atoms with Crippen molar-refractivity contribution in [3.8, 4) is 0 Å². The van der Waals surface area contributed by atoms with Crippen molar-refractivity contribution in [1.82, 2.24) is 9.69 Å². The normalized spacial score (nSPS) is 9.55. The zero-order chi connectivity index (χ0) is 8.10. The molecule has 0 aliphatic rings. The first-order valence-corrected chi connectivity index (χ1v) is 4.41. The van der Waals surface area contributed by atoms with Crippen molar-refractivity contribution in [2.75, 3.05) is 5.88 Å². The van der Waals surface area contributed by atoms with Gasteiger partial charge in [-0.2, -0.15) is 0 Å². The Hall–Kier alpha value is -0.610. The van der Waals surface area contributed by atoms with Crippen molar-refractivity contribution >= 4 is 29.0 Å². The predicted molar refractivity (Wildman–Crippen MR) is 44.7 cm³/mol. The fourth-order valence-electron chi connectivity index (χ4n) is 0.562. The highest BCUT2D eigenvalue weighted by molar-refractivity contribution is 7.03. The summed E-state index contributed by atoms with van der Waals surface area (Å²) < 4.78 is 3.88. The van der Waals surface area contributed by atoms with Gasteiger partial charge in [-0.3, -0.25) is 4.79 Å². The minimum absolute atomic E-state index is 0.0115. The number of nitrogens with zero attached hydrogens (tertiary/aromatic N) is 1. The quantitative estimate of drug-likeness (QED) is 0.723. The summed E-state index contributed by atoms with van der Waals surface area (Å²) in [5.74, 6) is -0.143. The average molecular weight is 191 g/mol. The van der Waals surface area contributed by atoms with Gasteiger partial charge in [0.2, 0.25) is 5.91 Å². The van der Waals surface area contributed by atoms with Gasteiger partial charge in [0.15, 0.2) is 0 Å². The van der Waals surface area contributed by atoms with Gasteiger partial charge < -0.3 is 5.32 Å². The van der Waals surface area contributed by atoms with Gasteiger partial charge in [0, 0.05) is 23.7 Å². The molecule has 60 valence electrons. The Bertz CT molecular complexity index is 224. The standard InChI is InChI=1S/C6H7ClN2OS/c7-1-6(10)8-2-5-3-9-11-4-5/h3-4H,1-2H2,(H,8,10). The van der Waals surface area contributed by atoms with E-state index in [1.165, 1.54) is 11.5 Å². The Labute approximate surface area is 73.5 Å². The molecule has 0 saturated carbocycles. The first kappa shape index (κ1) is 8.49. The van der Waals surface area contributed by atoms with E-state index < -0.39 is 0 Å². The van der Waals surface area contributed by atoms with Gasteiger partial charge in [0.1, 0.15) is 5.88 Å². The number of hydrogen-bond acceptors (Lipinski definition) is 3. The van der Waals surface area contributed by atoms with Crippen LogP contribution in [0.1, 0.15) is 5.56 Å². The Morgan fingerprint density at radius 3 is 3.18 bits per heavy atom. The number of halogens is 1. The molecule has 1 rings (SSSR count). The second-order valence-corrected chi connectivity index (χ2v) is 2.87. The van der Waals surface area contributed by atoms with E-state index in [1.54, 1.807) is 6.20 Å². The molecule has 0 radical (unpaired) electrons. The van der Waals surface area contributed by atoms with E-state index >= 15 is 0 Å². The van der Waals surface area contributed by atoms with Crippen LogP contribution in [0.2, 0.25) is 0 Å². The summed E-state index contributed by atoms with van der Waals surface area (Å²) in [4.78, 5) is 10.6. The molecule has 0 atom stereocenters. The molecule has 1 aromatic rings. The third-order valence-electron chi connectivity index (χ3n) is 1.09. The molecule has 11 heavy (non-hydrogen) atoms. The largest absolute Gasteiger partial charge is 0.351 e. The summed E-state index contributed by atoms with van der Waals surface area (Å²) in [5, 5.41) is 4.51. The van der Waals surface area contributed by atoms with Crippen molar-refractivity contribution in [3.05, 3.63) is 17.1 Å². The molecule has 1 heterocycles. The van der Waals surface area contributed by atoms with E-state index in [9.17, 15) is 4.79 Å². The van der Waals surface area contributed by atoms with E-state index in [1.807, 2.05) is 5.38 Å². The van der Waals surface area contributed by atoms with Crippen LogP contribution in [0.5, 0.6) is 0 Å². The summed E-state index contributed by atoms with van der Waals surface area (Å²) in [5.41, 5.74) is 1.01. The van der Waals surface area contributed by atoms with Crippen molar-refractivity contribution < 1.29 is 4.79 Å². The summed E-state index contributed by atoms with van der Waals surface area (Å²) >= 11 is 6.63. The highest BCUT2D eigenvalue weighted by Gasteiger charge is 1.98. The minimum Gasteiger partial charge on any atom is -0.351 e. The number of carbonyl (C=O) groups excluding carboxylic acids is 1. The van der Waals surface area contributed by atoms with Crippen LogP contribution < -0.4 is 5.32 Å². The van der Waals surface area contributed by atoms with Crippen LogP contribution in [-0.4, -0.2) is 16.2 Å². The van der Waals surface area contributed by atoms with Crippen LogP contribution in [0.15, 0.2) is 11.6 Å². The molecule has 1 amide bonds. The molecule has 0 aromatic carbocycles. The highest BCUT2D eigenvalue weighted by Crippen LogP contribution is 1.99. The molecule has 0 saturated heterocycles. The van der Waals surface area contributed by atoms with Crippen LogP contribution in [-0.2, 0) is 11.3 Å². The van der Waals surface area contributed by atoms with E-state index in [0.717, 1.165) is 5.56 Å². The highest BCUT2D eigenvalue weighted by atomic mass is 35.5. The van der Waals surface area contributed by atoms with Crippen LogP contribution >= 0.6 is 23.1 Å². The number of hydrogen-bond donors (Lipinski definition) is 1. The first-order valence-electron chi connectivity index (χ1n) is 3.04.